The Morgan fingerprint density at radius 3 is 1.44 bits per heavy atom. The van der Waals surface area contributed by atoms with Crippen molar-refractivity contribution in [3.05, 3.63) is 0 Å². The molecule has 9 heavy (non-hydrogen) atoms. The zero-order chi connectivity index (χ0) is 6.43. The smallest absolute Gasteiger partial charge is 0.0383 e. The monoisotopic (exact) mass is 124 g/mol. The van der Waals surface area contributed by atoms with Crippen molar-refractivity contribution in [3.63, 3.8) is 0 Å². The number of hydrogen-bond acceptors (Lipinski definition) is 0. The molecule has 2 bridgehead atoms. The Kier molecular flexibility index (Phi) is 1.12. The third kappa shape index (κ3) is 0.720. The Hall–Kier alpha value is 0. The van der Waals surface area contributed by atoms with E-state index >= 15 is 0 Å². The first kappa shape index (κ1) is 5.76. The molecular formula is C9H16. The van der Waals surface area contributed by atoms with Crippen LogP contribution in [0.3, 0.4) is 0 Å². The van der Waals surface area contributed by atoms with E-state index in [2.05, 4.69) is 13.8 Å². The molecule has 0 amide bonds. The maximum Gasteiger partial charge on any atom is -0.0383 e. The maximum absolute atomic E-state index is 2.43. The van der Waals surface area contributed by atoms with Crippen LogP contribution in [-0.2, 0) is 0 Å². The summed E-state index contributed by atoms with van der Waals surface area (Å²) in [4.78, 5) is 0. The highest BCUT2D eigenvalue weighted by molar-refractivity contribution is 4.91. The van der Waals surface area contributed by atoms with Crippen molar-refractivity contribution in [3.8, 4) is 0 Å². The maximum atomic E-state index is 2.43. The Balaban J connectivity index is 2.10. The van der Waals surface area contributed by atoms with Crippen molar-refractivity contribution in [1.29, 1.82) is 0 Å². The largest absolute Gasteiger partial charge is 0.0622 e. The molecule has 0 aliphatic heterocycles. The van der Waals surface area contributed by atoms with Gasteiger partial charge in [0.1, 0.15) is 0 Å². The first-order valence-corrected chi connectivity index (χ1v) is 4.27. The minimum Gasteiger partial charge on any atom is -0.0622 e. The van der Waals surface area contributed by atoms with Crippen LogP contribution in [0.4, 0.5) is 0 Å². The minimum atomic E-state index is 1.06. The van der Waals surface area contributed by atoms with Gasteiger partial charge in [0, 0.05) is 0 Å². The van der Waals surface area contributed by atoms with Gasteiger partial charge in [-0.2, -0.15) is 0 Å². The van der Waals surface area contributed by atoms with E-state index in [1.165, 1.54) is 12.8 Å². The van der Waals surface area contributed by atoms with Gasteiger partial charge in [0.2, 0.25) is 0 Å². The van der Waals surface area contributed by atoms with E-state index in [1.54, 1.807) is 6.42 Å². The van der Waals surface area contributed by atoms with E-state index in [9.17, 15) is 0 Å². The standard InChI is InChI=1S/C9H16/c1-6-3-9-5-8(6)4-7(9)2/h6-9H,3-5H2,1-2H3/t6-,7?,8?,9?/m1/s1. The molecule has 0 spiro atoms. The average Bonchev–Trinajstić information content (AvgIpc) is 2.24. The van der Waals surface area contributed by atoms with Gasteiger partial charge in [0.05, 0.1) is 0 Å². The van der Waals surface area contributed by atoms with Gasteiger partial charge in [-0.1, -0.05) is 13.8 Å². The second-order valence-corrected chi connectivity index (χ2v) is 4.18. The highest BCUT2D eigenvalue weighted by atomic mass is 14.5. The summed E-state index contributed by atoms with van der Waals surface area (Å²) < 4.78 is 0. The van der Waals surface area contributed by atoms with Crippen LogP contribution >= 0.6 is 0 Å². The van der Waals surface area contributed by atoms with Crippen molar-refractivity contribution in [2.45, 2.75) is 33.1 Å². The van der Waals surface area contributed by atoms with E-state index in [1.807, 2.05) is 0 Å². The summed E-state index contributed by atoms with van der Waals surface area (Å²) in [7, 11) is 0. The van der Waals surface area contributed by atoms with Crippen LogP contribution in [0.15, 0.2) is 0 Å². The van der Waals surface area contributed by atoms with E-state index < -0.39 is 0 Å². The van der Waals surface area contributed by atoms with Crippen LogP contribution in [0.25, 0.3) is 0 Å². The van der Waals surface area contributed by atoms with Crippen molar-refractivity contribution in [1.82, 2.24) is 0 Å². The minimum absolute atomic E-state index is 1.06. The van der Waals surface area contributed by atoms with E-state index in [0.29, 0.717) is 0 Å². The van der Waals surface area contributed by atoms with Crippen LogP contribution in [0.2, 0.25) is 0 Å². The fourth-order valence-electron chi connectivity index (χ4n) is 2.85. The molecule has 0 aromatic carbocycles. The van der Waals surface area contributed by atoms with Crippen LogP contribution < -0.4 is 0 Å². The summed E-state index contributed by atoms with van der Waals surface area (Å²) in [5.74, 6) is 4.35. The fraction of sp³-hybridized carbons (Fsp3) is 1.00. The average molecular weight is 124 g/mol. The molecule has 0 saturated heterocycles. The highest BCUT2D eigenvalue weighted by Crippen LogP contribution is 2.51. The Labute approximate surface area is 57.6 Å². The SMILES string of the molecule is CC1CC2CC1C[C@H]2C. The predicted octanol–water partition coefficient (Wildman–Crippen LogP) is 2.69. The van der Waals surface area contributed by atoms with Crippen molar-refractivity contribution >= 4 is 0 Å². The van der Waals surface area contributed by atoms with Crippen LogP contribution in [0.5, 0.6) is 0 Å². The van der Waals surface area contributed by atoms with Gasteiger partial charge in [0.25, 0.3) is 0 Å². The van der Waals surface area contributed by atoms with Crippen molar-refractivity contribution < 1.29 is 0 Å². The number of hydrogen-bond donors (Lipinski definition) is 0. The van der Waals surface area contributed by atoms with Crippen LogP contribution in [0.1, 0.15) is 33.1 Å². The Bertz CT molecular complexity index is 99.2. The van der Waals surface area contributed by atoms with E-state index in [0.717, 1.165) is 23.7 Å². The molecule has 0 N–H and O–H groups in total. The van der Waals surface area contributed by atoms with Crippen LogP contribution in [0, 0.1) is 23.7 Å². The lowest BCUT2D eigenvalue weighted by Crippen LogP contribution is -2.12. The molecule has 0 aromatic rings. The molecule has 0 nitrogen and oxygen atoms in total. The van der Waals surface area contributed by atoms with Crippen molar-refractivity contribution in [2.75, 3.05) is 0 Å². The molecule has 2 aliphatic rings. The van der Waals surface area contributed by atoms with E-state index in [4.69, 9.17) is 0 Å². The van der Waals surface area contributed by atoms with Gasteiger partial charge >= 0.3 is 0 Å². The quantitative estimate of drug-likeness (QED) is 0.465. The second kappa shape index (κ2) is 1.74. The van der Waals surface area contributed by atoms with Crippen molar-refractivity contribution in [2.24, 2.45) is 23.7 Å². The fourth-order valence-corrected chi connectivity index (χ4v) is 2.85. The molecular weight excluding hydrogens is 108 g/mol. The summed E-state index contributed by atoms with van der Waals surface area (Å²) in [5.41, 5.74) is 0. The summed E-state index contributed by atoms with van der Waals surface area (Å²) >= 11 is 0. The third-order valence-corrected chi connectivity index (χ3v) is 3.56. The predicted molar refractivity (Wildman–Crippen MR) is 39.2 cm³/mol. The molecule has 3 unspecified atom stereocenters. The summed E-state index contributed by atoms with van der Waals surface area (Å²) in [6.07, 6.45) is 4.62. The third-order valence-electron chi connectivity index (χ3n) is 3.56. The van der Waals surface area contributed by atoms with Gasteiger partial charge < -0.3 is 0 Å². The summed E-state index contributed by atoms with van der Waals surface area (Å²) in [6.45, 7) is 4.85. The topological polar surface area (TPSA) is 0 Å². The normalized spacial score (nSPS) is 56.7. The molecule has 2 fully saturated rings. The molecule has 0 heteroatoms. The first-order valence-electron chi connectivity index (χ1n) is 4.27. The lowest BCUT2D eigenvalue weighted by atomic mass is 9.84. The van der Waals surface area contributed by atoms with Gasteiger partial charge in [-0.25, -0.2) is 0 Å². The van der Waals surface area contributed by atoms with Gasteiger partial charge in [-0.05, 0) is 42.9 Å². The molecule has 0 radical (unpaired) electrons. The van der Waals surface area contributed by atoms with Gasteiger partial charge in [-0.3, -0.25) is 0 Å². The molecule has 52 valence electrons. The zero-order valence-electron chi connectivity index (χ0n) is 6.43. The molecule has 0 heterocycles. The number of rotatable bonds is 0. The zero-order valence-corrected chi connectivity index (χ0v) is 6.43. The van der Waals surface area contributed by atoms with Gasteiger partial charge in [0.15, 0.2) is 0 Å². The molecule has 0 aromatic heterocycles. The lowest BCUT2D eigenvalue weighted by Gasteiger charge is -2.21. The molecule has 2 aliphatic carbocycles. The molecule has 2 saturated carbocycles. The van der Waals surface area contributed by atoms with Crippen LogP contribution in [-0.4, -0.2) is 0 Å². The summed E-state index contributed by atoms with van der Waals surface area (Å²) in [6, 6.07) is 0. The Morgan fingerprint density at radius 1 is 0.778 bits per heavy atom. The summed E-state index contributed by atoms with van der Waals surface area (Å²) in [5, 5.41) is 0. The van der Waals surface area contributed by atoms with Gasteiger partial charge in [-0.15, -0.1) is 0 Å². The number of fused-ring (bicyclic) bond motifs is 2. The highest BCUT2D eigenvalue weighted by Gasteiger charge is 2.41. The Morgan fingerprint density at radius 2 is 1.22 bits per heavy atom. The first-order chi connectivity index (χ1) is 4.27. The molecule has 2 rings (SSSR count). The molecule has 4 atom stereocenters. The lowest BCUT2D eigenvalue weighted by molar-refractivity contribution is 0.288. The van der Waals surface area contributed by atoms with E-state index in [-0.39, 0.29) is 0 Å². The second-order valence-electron chi connectivity index (χ2n) is 4.18.